The topological polar surface area (TPSA) is 82.2 Å². The van der Waals surface area contributed by atoms with Crippen LogP contribution in [-0.4, -0.2) is 92.9 Å². The van der Waals surface area contributed by atoms with Crippen LogP contribution in [-0.2, 0) is 19.7 Å². The standard InChI is InChI=1S/C15H30N4O4S/c1-3-4-14(2)16-15(20)13-17-5-7-18(8-6-17)24(21,22)19-9-11-23-12-10-19/h14H,3-13H2,1-2H3,(H,16,20). The normalized spacial score (nSPS) is 23.1. The van der Waals surface area contributed by atoms with E-state index in [1.54, 1.807) is 0 Å². The van der Waals surface area contributed by atoms with Crippen molar-refractivity contribution in [3.05, 3.63) is 0 Å². The second-order valence-electron chi connectivity index (χ2n) is 6.45. The van der Waals surface area contributed by atoms with Crippen molar-refractivity contribution in [3.63, 3.8) is 0 Å². The van der Waals surface area contributed by atoms with Crippen molar-refractivity contribution in [2.45, 2.75) is 32.7 Å². The van der Waals surface area contributed by atoms with Crippen LogP contribution in [0.1, 0.15) is 26.7 Å². The Balaban J connectivity index is 1.77. The zero-order chi connectivity index (χ0) is 17.6. The molecule has 0 spiro atoms. The summed E-state index contributed by atoms with van der Waals surface area (Å²) in [7, 11) is -3.40. The number of amides is 1. The summed E-state index contributed by atoms with van der Waals surface area (Å²) in [6, 6.07) is 0.186. The zero-order valence-corrected chi connectivity index (χ0v) is 15.6. The third-order valence-corrected chi connectivity index (χ3v) is 6.49. The van der Waals surface area contributed by atoms with E-state index in [9.17, 15) is 13.2 Å². The number of carbonyl (C=O) groups excluding carboxylic acids is 1. The van der Waals surface area contributed by atoms with E-state index in [0.29, 0.717) is 59.0 Å². The van der Waals surface area contributed by atoms with Gasteiger partial charge in [0.25, 0.3) is 10.2 Å². The van der Waals surface area contributed by atoms with Crippen LogP contribution in [0, 0.1) is 0 Å². The van der Waals surface area contributed by atoms with Gasteiger partial charge in [-0.05, 0) is 13.3 Å². The van der Waals surface area contributed by atoms with Crippen LogP contribution in [0.3, 0.4) is 0 Å². The van der Waals surface area contributed by atoms with E-state index in [1.165, 1.54) is 8.61 Å². The molecule has 2 aliphatic rings. The van der Waals surface area contributed by atoms with Gasteiger partial charge >= 0.3 is 0 Å². The molecule has 0 aromatic carbocycles. The van der Waals surface area contributed by atoms with Gasteiger partial charge in [-0.1, -0.05) is 13.3 Å². The minimum atomic E-state index is -3.40. The Kier molecular flexibility index (Phi) is 7.42. The van der Waals surface area contributed by atoms with E-state index < -0.39 is 10.2 Å². The lowest BCUT2D eigenvalue weighted by Gasteiger charge is -2.37. The van der Waals surface area contributed by atoms with Gasteiger partial charge < -0.3 is 10.1 Å². The smallest absolute Gasteiger partial charge is 0.282 e. The van der Waals surface area contributed by atoms with Gasteiger partial charge in [-0.25, -0.2) is 0 Å². The Labute approximate surface area is 145 Å². The lowest BCUT2D eigenvalue weighted by atomic mass is 10.2. The summed E-state index contributed by atoms with van der Waals surface area (Å²) in [6.45, 7) is 8.20. The summed E-state index contributed by atoms with van der Waals surface area (Å²) < 4.78 is 33.4. The fourth-order valence-electron chi connectivity index (χ4n) is 3.09. The van der Waals surface area contributed by atoms with Crippen LogP contribution >= 0.6 is 0 Å². The number of nitrogens with zero attached hydrogens (tertiary/aromatic N) is 3. The molecule has 1 atom stereocenters. The van der Waals surface area contributed by atoms with Gasteiger partial charge in [-0.2, -0.15) is 17.0 Å². The van der Waals surface area contributed by atoms with Crippen molar-refractivity contribution in [3.8, 4) is 0 Å². The Hall–Kier alpha value is -0.740. The Morgan fingerprint density at radius 3 is 2.25 bits per heavy atom. The summed E-state index contributed by atoms with van der Waals surface area (Å²) in [6.07, 6.45) is 2.01. The molecule has 2 saturated heterocycles. The number of hydrogen-bond acceptors (Lipinski definition) is 5. The maximum absolute atomic E-state index is 12.6. The molecule has 2 rings (SSSR count). The van der Waals surface area contributed by atoms with Gasteiger partial charge in [0.2, 0.25) is 5.91 Å². The van der Waals surface area contributed by atoms with Gasteiger partial charge in [0.15, 0.2) is 0 Å². The second kappa shape index (κ2) is 9.10. The van der Waals surface area contributed by atoms with Crippen molar-refractivity contribution in [1.82, 2.24) is 18.8 Å². The van der Waals surface area contributed by atoms with Gasteiger partial charge in [0, 0.05) is 45.3 Å². The molecule has 1 N–H and O–H groups in total. The molecule has 0 aromatic heterocycles. The molecular formula is C15H30N4O4S. The fraction of sp³-hybridized carbons (Fsp3) is 0.933. The van der Waals surface area contributed by atoms with Crippen LogP contribution < -0.4 is 5.32 Å². The molecule has 0 saturated carbocycles. The van der Waals surface area contributed by atoms with Crippen molar-refractivity contribution in [2.75, 3.05) is 59.0 Å². The summed E-state index contributed by atoms with van der Waals surface area (Å²) in [4.78, 5) is 14.0. The lowest BCUT2D eigenvalue weighted by molar-refractivity contribution is -0.123. The summed E-state index contributed by atoms with van der Waals surface area (Å²) >= 11 is 0. The average Bonchev–Trinajstić information content (AvgIpc) is 2.56. The maximum Gasteiger partial charge on any atom is 0.282 e. The quantitative estimate of drug-likeness (QED) is 0.659. The van der Waals surface area contributed by atoms with Crippen molar-refractivity contribution in [2.24, 2.45) is 0 Å². The number of nitrogens with one attached hydrogen (secondary N) is 1. The number of hydrogen-bond donors (Lipinski definition) is 1. The fourth-order valence-corrected chi connectivity index (χ4v) is 4.65. The van der Waals surface area contributed by atoms with Crippen LogP contribution in [0.4, 0.5) is 0 Å². The first-order valence-corrected chi connectivity index (χ1v) is 10.2. The van der Waals surface area contributed by atoms with Crippen LogP contribution in [0.5, 0.6) is 0 Å². The van der Waals surface area contributed by atoms with E-state index in [2.05, 4.69) is 12.2 Å². The first kappa shape index (κ1) is 19.6. The molecule has 1 unspecified atom stereocenters. The maximum atomic E-state index is 12.6. The molecule has 2 heterocycles. The number of carbonyl (C=O) groups is 1. The third-order valence-electron chi connectivity index (χ3n) is 4.45. The lowest BCUT2D eigenvalue weighted by Crippen LogP contribution is -2.56. The average molecular weight is 362 g/mol. The molecule has 9 heteroatoms. The predicted molar refractivity (Wildman–Crippen MR) is 91.8 cm³/mol. The van der Waals surface area contributed by atoms with Crippen LogP contribution in [0.2, 0.25) is 0 Å². The van der Waals surface area contributed by atoms with Crippen molar-refractivity contribution in [1.29, 1.82) is 0 Å². The highest BCUT2D eigenvalue weighted by atomic mass is 32.2. The highest BCUT2D eigenvalue weighted by Gasteiger charge is 2.33. The van der Waals surface area contributed by atoms with E-state index >= 15 is 0 Å². The molecule has 0 aromatic rings. The molecule has 24 heavy (non-hydrogen) atoms. The molecule has 0 bridgehead atoms. The molecule has 0 aliphatic carbocycles. The highest BCUT2D eigenvalue weighted by Crippen LogP contribution is 2.13. The van der Waals surface area contributed by atoms with Crippen LogP contribution in [0.25, 0.3) is 0 Å². The van der Waals surface area contributed by atoms with Gasteiger partial charge in [0.05, 0.1) is 19.8 Å². The summed E-state index contributed by atoms with van der Waals surface area (Å²) in [5.41, 5.74) is 0. The van der Waals surface area contributed by atoms with Gasteiger partial charge in [-0.15, -0.1) is 0 Å². The largest absolute Gasteiger partial charge is 0.379 e. The van der Waals surface area contributed by atoms with Crippen LogP contribution in [0.15, 0.2) is 0 Å². The number of piperazine rings is 1. The third kappa shape index (κ3) is 5.38. The van der Waals surface area contributed by atoms with E-state index in [-0.39, 0.29) is 11.9 Å². The number of rotatable bonds is 7. The predicted octanol–water partition coefficient (Wildman–Crippen LogP) is -0.514. The zero-order valence-electron chi connectivity index (χ0n) is 14.7. The summed E-state index contributed by atoms with van der Waals surface area (Å²) in [5, 5.41) is 2.99. The molecule has 2 aliphatic heterocycles. The first-order valence-electron chi connectivity index (χ1n) is 8.78. The molecule has 140 valence electrons. The number of morpholine rings is 1. The highest BCUT2D eigenvalue weighted by molar-refractivity contribution is 7.86. The van der Waals surface area contributed by atoms with Gasteiger partial charge in [-0.3, -0.25) is 9.69 Å². The Morgan fingerprint density at radius 2 is 1.67 bits per heavy atom. The van der Waals surface area contributed by atoms with E-state index in [1.807, 2.05) is 11.8 Å². The van der Waals surface area contributed by atoms with Crippen molar-refractivity contribution >= 4 is 16.1 Å². The van der Waals surface area contributed by atoms with Crippen molar-refractivity contribution < 1.29 is 17.9 Å². The number of ether oxygens (including phenoxy) is 1. The molecule has 8 nitrogen and oxygen atoms in total. The SMILES string of the molecule is CCCC(C)NC(=O)CN1CCN(S(=O)(=O)N2CCOCC2)CC1. The molecule has 1 amide bonds. The second-order valence-corrected chi connectivity index (χ2v) is 8.38. The Morgan fingerprint density at radius 1 is 1.08 bits per heavy atom. The molecular weight excluding hydrogens is 332 g/mol. The van der Waals surface area contributed by atoms with E-state index in [0.717, 1.165) is 12.8 Å². The van der Waals surface area contributed by atoms with Gasteiger partial charge in [0.1, 0.15) is 0 Å². The summed E-state index contributed by atoms with van der Waals surface area (Å²) in [5.74, 6) is 0.0143. The molecule has 2 fully saturated rings. The molecule has 0 radical (unpaired) electrons. The first-order chi connectivity index (χ1) is 11.4. The minimum absolute atomic E-state index is 0.0143. The monoisotopic (exact) mass is 362 g/mol. The Bertz CT molecular complexity index is 500. The van der Waals surface area contributed by atoms with E-state index in [4.69, 9.17) is 4.74 Å². The minimum Gasteiger partial charge on any atom is -0.379 e.